The Balaban J connectivity index is 2.93. The van der Waals surface area contributed by atoms with Crippen LogP contribution in [-0.2, 0) is 30.4 Å². The van der Waals surface area contributed by atoms with Crippen molar-refractivity contribution in [2.75, 3.05) is 5.75 Å². The number of aliphatic carboxylic acids is 1. The summed E-state index contributed by atoms with van der Waals surface area (Å²) in [5.74, 6) is -5.12. The molecule has 0 aromatic carbocycles. The number of primary amides is 1. The van der Waals surface area contributed by atoms with Crippen molar-refractivity contribution < 1.29 is 34.2 Å². The molecule has 0 aliphatic heterocycles. The van der Waals surface area contributed by atoms with E-state index in [1.165, 1.54) is 19.4 Å². The molecule has 0 aliphatic rings. The highest BCUT2D eigenvalue weighted by molar-refractivity contribution is 7.80. The van der Waals surface area contributed by atoms with Gasteiger partial charge in [-0.15, -0.1) is 0 Å². The standard InChI is InChI=1S/C17H27N7O7S/c1-7(25)13(16(29)23-11(17(30)31)2-8-4-20-6-21-8)24-15(28)10(3-12(19)26)22-14(27)9(18)5-32/h4,6-7,9-11,13,25,32H,2-3,5,18H2,1H3,(H2,19,26)(H,20,21)(H,22,27)(H,23,29)(H,24,28)(H,30,31). The predicted molar refractivity (Wildman–Crippen MR) is 113 cm³/mol. The predicted octanol–water partition coefficient (Wildman–Crippen LogP) is -4.00. The van der Waals surface area contributed by atoms with Crippen LogP contribution in [0.5, 0.6) is 0 Å². The van der Waals surface area contributed by atoms with E-state index in [9.17, 15) is 34.2 Å². The number of nitrogens with one attached hydrogen (secondary N) is 4. The van der Waals surface area contributed by atoms with Crippen molar-refractivity contribution in [2.24, 2.45) is 11.5 Å². The number of carboxylic acid groups (broad SMARTS) is 1. The SMILES string of the molecule is CC(O)C(NC(=O)C(CC(N)=O)NC(=O)C(N)CS)C(=O)NC(Cc1cnc[nH]1)C(=O)O. The number of rotatable bonds is 13. The first-order valence-electron chi connectivity index (χ1n) is 9.40. The number of H-pyrrole nitrogens is 1. The number of aromatic amines is 1. The van der Waals surface area contributed by atoms with Crippen molar-refractivity contribution in [1.82, 2.24) is 25.9 Å². The Kier molecular flexibility index (Phi) is 10.6. The molecule has 4 amide bonds. The van der Waals surface area contributed by atoms with E-state index >= 15 is 0 Å². The summed E-state index contributed by atoms with van der Waals surface area (Å²) in [5, 5.41) is 26.0. The van der Waals surface area contributed by atoms with Gasteiger partial charge in [0.05, 0.1) is 24.9 Å². The topological polar surface area (TPSA) is 243 Å². The monoisotopic (exact) mass is 473 g/mol. The van der Waals surface area contributed by atoms with Crippen LogP contribution in [0.15, 0.2) is 12.5 Å². The number of amides is 4. The van der Waals surface area contributed by atoms with Gasteiger partial charge in [-0.1, -0.05) is 0 Å². The molecule has 1 rings (SSSR count). The minimum absolute atomic E-state index is 0.0393. The Bertz CT molecular complexity index is 818. The van der Waals surface area contributed by atoms with Gasteiger partial charge in [-0.05, 0) is 6.92 Å². The molecule has 178 valence electrons. The number of carboxylic acids is 1. The van der Waals surface area contributed by atoms with E-state index in [1.807, 2.05) is 0 Å². The number of imidazole rings is 1. The summed E-state index contributed by atoms with van der Waals surface area (Å²) < 4.78 is 0. The molecule has 0 saturated heterocycles. The van der Waals surface area contributed by atoms with Crippen molar-refractivity contribution in [3.05, 3.63) is 18.2 Å². The number of carbonyl (C=O) groups is 5. The van der Waals surface area contributed by atoms with Gasteiger partial charge in [-0.25, -0.2) is 9.78 Å². The smallest absolute Gasteiger partial charge is 0.326 e. The number of thiol groups is 1. The first-order valence-corrected chi connectivity index (χ1v) is 10.0. The zero-order chi connectivity index (χ0) is 24.4. The summed E-state index contributed by atoms with van der Waals surface area (Å²) in [6, 6.07) is -5.55. The molecule has 0 fully saturated rings. The van der Waals surface area contributed by atoms with Crippen molar-refractivity contribution in [3.8, 4) is 0 Å². The molecule has 5 unspecified atom stereocenters. The van der Waals surface area contributed by atoms with E-state index < -0.39 is 66.3 Å². The zero-order valence-corrected chi connectivity index (χ0v) is 18.0. The number of nitrogens with two attached hydrogens (primary N) is 2. The highest BCUT2D eigenvalue weighted by Crippen LogP contribution is 2.03. The third-order valence-electron chi connectivity index (χ3n) is 4.23. The number of carbonyl (C=O) groups excluding carboxylic acids is 4. The molecule has 5 atom stereocenters. The molecule has 14 nitrogen and oxygen atoms in total. The van der Waals surface area contributed by atoms with Gasteiger partial charge in [0.2, 0.25) is 23.6 Å². The second-order valence-electron chi connectivity index (χ2n) is 6.93. The van der Waals surface area contributed by atoms with Crippen molar-refractivity contribution >= 4 is 42.2 Å². The number of hydrogen-bond acceptors (Lipinski definition) is 9. The fourth-order valence-corrected chi connectivity index (χ4v) is 2.67. The van der Waals surface area contributed by atoms with Crippen LogP contribution < -0.4 is 27.4 Å². The van der Waals surface area contributed by atoms with Crippen LogP contribution in [0.1, 0.15) is 19.0 Å². The normalized spacial score (nSPS) is 15.5. The lowest BCUT2D eigenvalue weighted by atomic mass is 10.1. The van der Waals surface area contributed by atoms with Gasteiger partial charge in [0, 0.05) is 24.1 Å². The Hall–Kier alpha value is -3.17. The zero-order valence-electron chi connectivity index (χ0n) is 17.1. The van der Waals surface area contributed by atoms with Crippen LogP contribution in [0.3, 0.4) is 0 Å². The molecule has 15 heteroatoms. The third-order valence-corrected chi connectivity index (χ3v) is 4.62. The molecular weight excluding hydrogens is 446 g/mol. The maximum Gasteiger partial charge on any atom is 0.326 e. The quantitative estimate of drug-likeness (QED) is 0.127. The van der Waals surface area contributed by atoms with E-state index in [0.29, 0.717) is 5.69 Å². The molecule has 1 heterocycles. The number of nitrogens with zero attached hydrogens (tertiary/aromatic N) is 1. The summed E-state index contributed by atoms with van der Waals surface area (Å²) in [7, 11) is 0. The Morgan fingerprint density at radius 3 is 2.22 bits per heavy atom. The van der Waals surface area contributed by atoms with E-state index in [-0.39, 0.29) is 12.2 Å². The fraction of sp³-hybridized carbons (Fsp3) is 0.529. The second-order valence-corrected chi connectivity index (χ2v) is 7.29. The maximum absolute atomic E-state index is 12.6. The fourth-order valence-electron chi connectivity index (χ4n) is 2.51. The van der Waals surface area contributed by atoms with Gasteiger partial charge < -0.3 is 42.6 Å². The second kappa shape index (κ2) is 12.6. The lowest BCUT2D eigenvalue weighted by Gasteiger charge is -2.26. The average molecular weight is 474 g/mol. The lowest BCUT2D eigenvalue weighted by Crippen LogP contribution is -2.60. The first-order chi connectivity index (χ1) is 15.0. The van der Waals surface area contributed by atoms with Crippen LogP contribution in [0.2, 0.25) is 0 Å². The van der Waals surface area contributed by atoms with Crippen LogP contribution in [-0.4, -0.2) is 85.8 Å². The third kappa shape index (κ3) is 8.52. The van der Waals surface area contributed by atoms with Gasteiger partial charge in [-0.2, -0.15) is 12.6 Å². The van der Waals surface area contributed by atoms with Gasteiger partial charge in [-0.3, -0.25) is 19.2 Å². The van der Waals surface area contributed by atoms with Crippen molar-refractivity contribution in [3.63, 3.8) is 0 Å². The average Bonchev–Trinajstić information content (AvgIpc) is 3.22. The first kappa shape index (κ1) is 26.9. The molecule has 0 saturated carbocycles. The van der Waals surface area contributed by atoms with Crippen LogP contribution in [0.25, 0.3) is 0 Å². The molecule has 10 N–H and O–H groups in total. The van der Waals surface area contributed by atoms with Crippen molar-refractivity contribution in [1.29, 1.82) is 0 Å². The van der Waals surface area contributed by atoms with Crippen molar-refractivity contribution in [2.45, 2.75) is 50.0 Å². The minimum atomic E-state index is -1.60. The summed E-state index contributed by atoms with van der Waals surface area (Å²) >= 11 is 3.87. The number of aliphatic hydroxyl groups excluding tert-OH is 1. The molecule has 1 aromatic heterocycles. The molecule has 0 bridgehead atoms. The molecule has 1 aromatic rings. The molecule has 0 spiro atoms. The van der Waals surface area contributed by atoms with Gasteiger partial charge >= 0.3 is 5.97 Å². The number of aliphatic hydroxyl groups is 1. The summed E-state index contributed by atoms with van der Waals surface area (Å²) in [5.41, 5.74) is 11.1. The van der Waals surface area contributed by atoms with Gasteiger partial charge in [0.25, 0.3) is 0 Å². The van der Waals surface area contributed by atoms with Crippen LogP contribution >= 0.6 is 12.6 Å². The molecule has 0 aliphatic carbocycles. The largest absolute Gasteiger partial charge is 0.480 e. The summed E-state index contributed by atoms with van der Waals surface area (Å²) in [4.78, 5) is 66.4. The maximum atomic E-state index is 12.6. The van der Waals surface area contributed by atoms with E-state index in [0.717, 1.165) is 0 Å². The van der Waals surface area contributed by atoms with Crippen LogP contribution in [0.4, 0.5) is 0 Å². The van der Waals surface area contributed by atoms with Gasteiger partial charge in [0.1, 0.15) is 18.1 Å². The molecular formula is C17H27N7O7S. The van der Waals surface area contributed by atoms with E-state index in [2.05, 4.69) is 38.5 Å². The summed E-state index contributed by atoms with van der Waals surface area (Å²) in [6.07, 6.45) is 0.515. The number of aromatic nitrogens is 2. The minimum Gasteiger partial charge on any atom is -0.480 e. The highest BCUT2D eigenvalue weighted by atomic mass is 32.1. The molecule has 0 radical (unpaired) electrons. The lowest BCUT2D eigenvalue weighted by molar-refractivity contribution is -0.143. The van der Waals surface area contributed by atoms with Crippen LogP contribution in [0, 0.1) is 0 Å². The van der Waals surface area contributed by atoms with E-state index in [1.54, 1.807) is 0 Å². The number of hydrogen-bond donors (Lipinski definition) is 9. The highest BCUT2D eigenvalue weighted by Gasteiger charge is 2.33. The van der Waals surface area contributed by atoms with E-state index in [4.69, 9.17) is 11.5 Å². The Morgan fingerprint density at radius 2 is 1.75 bits per heavy atom. The Morgan fingerprint density at radius 1 is 1.12 bits per heavy atom. The Labute approximate surface area is 188 Å². The summed E-state index contributed by atoms with van der Waals surface area (Å²) in [6.45, 7) is 1.19. The molecule has 32 heavy (non-hydrogen) atoms. The van der Waals surface area contributed by atoms with Gasteiger partial charge in [0.15, 0.2) is 0 Å².